The van der Waals surface area contributed by atoms with Gasteiger partial charge in [0.25, 0.3) is 0 Å². The third kappa shape index (κ3) is 5.61. The lowest BCUT2D eigenvalue weighted by molar-refractivity contribution is -0.141. The van der Waals surface area contributed by atoms with E-state index in [2.05, 4.69) is 9.72 Å². The fraction of sp³-hybridized carbons (Fsp3) is 0.294. The van der Waals surface area contributed by atoms with Crippen LogP contribution in [0.25, 0.3) is 0 Å². The zero-order valence-corrected chi connectivity index (χ0v) is 16.6. The predicted molar refractivity (Wildman–Crippen MR) is 97.7 cm³/mol. The van der Waals surface area contributed by atoms with E-state index in [1.165, 1.54) is 30.6 Å². The van der Waals surface area contributed by atoms with Gasteiger partial charge in [-0.3, -0.25) is 9.59 Å². The quantitative estimate of drug-likeness (QED) is 0.536. The summed E-state index contributed by atoms with van der Waals surface area (Å²) in [5.41, 5.74) is -2.61. The molecular formula is C17H13F3N2O5S2. The van der Waals surface area contributed by atoms with Gasteiger partial charge >= 0.3 is 18.1 Å². The maximum atomic E-state index is 13.0. The largest absolute Gasteiger partial charge is 0.465 e. The number of alkyl halides is 3. The van der Waals surface area contributed by atoms with Crippen LogP contribution in [0.5, 0.6) is 0 Å². The summed E-state index contributed by atoms with van der Waals surface area (Å²) in [6, 6.07) is 3.21. The number of pyridine rings is 1. The summed E-state index contributed by atoms with van der Waals surface area (Å²) in [4.78, 5) is 38.1. The molecule has 0 aromatic carbocycles. The van der Waals surface area contributed by atoms with Gasteiger partial charge in [0.05, 0.1) is 29.0 Å². The van der Waals surface area contributed by atoms with Crippen molar-refractivity contribution in [2.45, 2.75) is 24.7 Å². The molecule has 154 valence electrons. The molecule has 0 fully saturated rings. The summed E-state index contributed by atoms with van der Waals surface area (Å²) >= 11 is 1.72. The molecule has 2 aromatic heterocycles. The van der Waals surface area contributed by atoms with Gasteiger partial charge in [0.2, 0.25) is 5.56 Å². The first kappa shape index (κ1) is 22.5. The van der Waals surface area contributed by atoms with E-state index in [1.54, 1.807) is 6.92 Å². The first-order valence-corrected chi connectivity index (χ1v) is 9.57. The van der Waals surface area contributed by atoms with E-state index in [0.29, 0.717) is 28.3 Å². The van der Waals surface area contributed by atoms with Gasteiger partial charge in [-0.05, 0) is 13.0 Å². The van der Waals surface area contributed by atoms with Gasteiger partial charge in [-0.1, -0.05) is 11.8 Å². The second-order valence-corrected chi connectivity index (χ2v) is 7.74. The number of rotatable bonds is 6. The summed E-state index contributed by atoms with van der Waals surface area (Å²) in [6.45, 7) is 1.57. The zero-order chi connectivity index (χ0) is 21.8. The number of thioether (sulfide) groups is 1. The van der Waals surface area contributed by atoms with E-state index in [-0.39, 0.29) is 11.6 Å². The third-order valence-corrected chi connectivity index (χ3v) is 5.60. The van der Waals surface area contributed by atoms with Crippen molar-refractivity contribution in [3.8, 4) is 6.07 Å². The number of carbonyl (C=O) groups is 2. The molecule has 1 N–H and O–H groups in total. The van der Waals surface area contributed by atoms with Crippen molar-refractivity contribution < 1.29 is 32.2 Å². The zero-order valence-electron chi connectivity index (χ0n) is 15.0. The van der Waals surface area contributed by atoms with Gasteiger partial charge in [-0.2, -0.15) is 18.4 Å². The van der Waals surface area contributed by atoms with Crippen LogP contribution in [-0.2, 0) is 27.1 Å². The van der Waals surface area contributed by atoms with Crippen LogP contribution < -0.4 is 5.56 Å². The molecule has 7 nitrogen and oxygen atoms in total. The van der Waals surface area contributed by atoms with Crippen LogP contribution in [0.3, 0.4) is 0 Å². The Labute approximate surface area is 170 Å². The maximum Gasteiger partial charge on any atom is 0.417 e. The Kier molecular flexibility index (Phi) is 7.10. The van der Waals surface area contributed by atoms with Crippen molar-refractivity contribution in [2.24, 2.45) is 0 Å². The number of ether oxygens (including phenoxy) is 2. The molecule has 0 unspecified atom stereocenters. The fourth-order valence-electron chi connectivity index (χ4n) is 2.17. The number of halogens is 3. The van der Waals surface area contributed by atoms with E-state index in [4.69, 9.17) is 10.00 Å². The van der Waals surface area contributed by atoms with E-state index >= 15 is 0 Å². The van der Waals surface area contributed by atoms with E-state index in [1.807, 2.05) is 0 Å². The standard InChI is InChI=1S/C17H13F3N2O5S2/c1-8-9(3-12(29-8)16(25)26-2)6-27-14(24)7-28-15-10(5-21)11(17(18,19)20)4-13(23)22-15/h3-4H,6-7H2,1-2H3,(H,22,23). The Bertz CT molecular complexity index is 1040. The Morgan fingerprint density at radius 2 is 2.03 bits per heavy atom. The summed E-state index contributed by atoms with van der Waals surface area (Å²) in [6.07, 6.45) is -4.89. The molecule has 0 amide bonds. The number of hydrogen-bond acceptors (Lipinski definition) is 8. The van der Waals surface area contributed by atoms with Gasteiger partial charge in [0.15, 0.2) is 0 Å². The molecular weight excluding hydrogens is 433 g/mol. The van der Waals surface area contributed by atoms with Gasteiger partial charge < -0.3 is 14.5 Å². The number of methoxy groups -OCH3 is 1. The van der Waals surface area contributed by atoms with Crippen molar-refractivity contribution in [3.05, 3.63) is 48.9 Å². The molecule has 0 bridgehead atoms. The van der Waals surface area contributed by atoms with E-state index in [9.17, 15) is 27.6 Å². The van der Waals surface area contributed by atoms with Crippen molar-refractivity contribution in [1.29, 1.82) is 5.26 Å². The molecule has 0 aliphatic rings. The number of aromatic amines is 1. The normalized spacial score (nSPS) is 11.0. The number of carbonyl (C=O) groups excluding carboxylic acids is 2. The molecule has 12 heteroatoms. The number of hydrogen-bond donors (Lipinski definition) is 1. The number of thiophene rings is 1. The van der Waals surface area contributed by atoms with Crippen LogP contribution in [0.4, 0.5) is 13.2 Å². The molecule has 2 rings (SSSR count). The first-order chi connectivity index (χ1) is 13.6. The highest BCUT2D eigenvalue weighted by Crippen LogP contribution is 2.34. The summed E-state index contributed by atoms with van der Waals surface area (Å²) < 4.78 is 48.6. The highest BCUT2D eigenvalue weighted by Gasteiger charge is 2.35. The summed E-state index contributed by atoms with van der Waals surface area (Å²) in [5.74, 6) is -1.73. The molecule has 0 saturated heterocycles. The number of nitriles is 1. The van der Waals surface area contributed by atoms with Crippen LogP contribution >= 0.6 is 23.1 Å². The van der Waals surface area contributed by atoms with E-state index in [0.717, 1.165) is 4.88 Å². The first-order valence-electron chi connectivity index (χ1n) is 7.77. The van der Waals surface area contributed by atoms with Crippen molar-refractivity contribution in [1.82, 2.24) is 4.98 Å². The van der Waals surface area contributed by atoms with Crippen LogP contribution in [0.15, 0.2) is 22.0 Å². The molecule has 0 aliphatic heterocycles. The molecule has 0 atom stereocenters. The third-order valence-electron chi connectivity index (χ3n) is 3.56. The lowest BCUT2D eigenvalue weighted by atomic mass is 10.1. The van der Waals surface area contributed by atoms with Crippen LogP contribution in [0.1, 0.15) is 31.2 Å². The number of nitrogens with zero attached hydrogens (tertiary/aromatic N) is 1. The van der Waals surface area contributed by atoms with Gasteiger partial charge in [0.1, 0.15) is 17.6 Å². The number of esters is 2. The average molecular weight is 446 g/mol. The molecule has 2 aromatic rings. The molecule has 0 saturated carbocycles. The number of aromatic nitrogens is 1. The average Bonchev–Trinajstić information content (AvgIpc) is 3.03. The Morgan fingerprint density at radius 1 is 1.34 bits per heavy atom. The summed E-state index contributed by atoms with van der Waals surface area (Å²) in [5, 5.41) is 8.66. The SMILES string of the molecule is COC(=O)c1cc(COC(=O)CSc2[nH]c(=O)cc(C(F)(F)F)c2C#N)c(C)s1. The minimum Gasteiger partial charge on any atom is -0.465 e. The molecule has 2 heterocycles. The van der Waals surface area contributed by atoms with Crippen molar-refractivity contribution >= 4 is 35.0 Å². The topological polar surface area (TPSA) is 109 Å². The number of nitrogens with one attached hydrogen (secondary N) is 1. The Balaban J connectivity index is 2.06. The number of H-pyrrole nitrogens is 1. The van der Waals surface area contributed by atoms with Gasteiger partial charge in [-0.15, -0.1) is 11.3 Å². The summed E-state index contributed by atoms with van der Waals surface area (Å²) in [7, 11) is 1.24. The monoisotopic (exact) mass is 446 g/mol. The predicted octanol–water partition coefficient (Wildman–Crippen LogP) is 3.26. The van der Waals surface area contributed by atoms with Crippen molar-refractivity contribution in [2.75, 3.05) is 12.9 Å². The van der Waals surface area contributed by atoms with Gasteiger partial charge in [0, 0.05) is 16.5 Å². The molecule has 29 heavy (non-hydrogen) atoms. The van der Waals surface area contributed by atoms with Crippen LogP contribution in [-0.4, -0.2) is 29.8 Å². The minimum atomic E-state index is -4.89. The molecule has 0 radical (unpaired) electrons. The second-order valence-electron chi connectivity index (χ2n) is 5.49. The minimum absolute atomic E-state index is 0.150. The Morgan fingerprint density at radius 3 is 2.62 bits per heavy atom. The fourth-order valence-corrected chi connectivity index (χ4v) is 3.94. The maximum absolute atomic E-state index is 13.0. The van der Waals surface area contributed by atoms with Gasteiger partial charge in [-0.25, -0.2) is 4.79 Å². The smallest absolute Gasteiger partial charge is 0.417 e. The number of aryl methyl sites for hydroxylation is 1. The second kappa shape index (κ2) is 9.15. The molecule has 0 aliphatic carbocycles. The molecule has 0 spiro atoms. The lowest BCUT2D eigenvalue weighted by Crippen LogP contribution is -2.17. The van der Waals surface area contributed by atoms with E-state index < -0.39 is 40.6 Å². The highest BCUT2D eigenvalue weighted by atomic mass is 32.2. The highest BCUT2D eigenvalue weighted by molar-refractivity contribution is 7.99. The van der Waals surface area contributed by atoms with Crippen LogP contribution in [0.2, 0.25) is 0 Å². The van der Waals surface area contributed by atoms with Crippen molar-refractivity contribution in [3.63, 3.8) is 0 Å². The Hall–Kier alpha value is -2.78. The van der Waals surface area contributed by atoms with Crippen LogP contribution in [0, 0.1) is 18.3 Å². The lowest BCUT2D eigenvalue weighted by Gasteiger charge is -2.11.